The number of hydrogen-bond donors (Lipinski definition) is 0. The predicted molar refractivity (Wildman–Crippen MR) is 76.3 cm³/mol. The van der Waals surface area contributed by atoms with Gasteiger partial charge in [0, 0.05) is 16.1 Å². The average molecular weight is 322 g/mol. The summed E-state index contributed by atoms with van der Waals surface area (Å²) in [6.07, 6.45) is 0. The van der Waals surface area contributed by atoms with Crippen molar-refractivity contribution in [1.29, 1.82) is 0 Å². The third-order valence-electron chi connectivity index (χ3n) is 2.72. The molecule has 0 aliphatic rings. The van der Waals surface area contributed by atoms with Crippen molar-refractivity contribution in [3.05, 3.63) is 68.2 Å². The van der Waals surface area contributed by atoms with Crippen molar-refractivity contribution < 1.29 is 9.66 Å². The first-order valence-electron chi connectivity index (χ1n) is 5.70. The maximum Gasteiger partial charge on any atom is 0.311 e. The largest absolute Gasteiger partial charge is 0.482 e. The van der Waals surface area contributed by atoms with Gasteiger partial charge in [-0.05, 0) is 18.6 Å². The maximum absolute atomic E-state index is 11.0. The second-order valence-electron chi connectivity index (χ2n) is 4.06. The van der Waals surface area contributed by atoms with Crippen LogP contribution < -0.4 is 4.74 Å². The molecule has 0 atom stereocenters. The van der Waals surface area contributed by atoms with Crippen LogP contribution in [-0.2, 0) is 6.61 Å². The second-order valence-corrected chi connectivity index (χ2v) is 4.91. The summed E-state index contributed by atoms with van der Waals surface area (Å²) in [5.74, 6) is 0.322. The summed E-state index contributed by atoms with van der Waals surface area (Å²) in [6, 6.07) is 12.5. The summed E-state index contributed by atoms with van der Waals surface area (Å²) >= 11 is 3.42. The molecule has 2 aromatic rings. The minimum Gasteiger partial charge on any atom is -0.482 e. The van der Waals surface area contributed by atoms with Gasteiger partial charge in [-0.15, -0.1) is 0 Å². The number of aryl methyl sites for hydroxylation is 1. The Labute approximate surface area is 119 Å². The van der Waals surface area contributed by atoms with Gasteiger partial charge >= 0.3 is 5.69 Å². The van der Waals surface area contributed by atoms with Gasteiger partial charge in [-0.25, -0.2) is 0 Å². The Kier molecular flexibility index (Phi) is 4.16. The molecule has 98 valence electrons. The number of para-hydroxylation sites is 1. The number of hydrogen-bond acceptors (Lipinski definition) is 3. The van der Waals surface area contributed by atoms with E-state index in [-0.39, 0.29) is 12.3 Å². The summed E-state index contributed by atoms with van der Waals surface area (Å²) < 4.78 is 6.55. The number of nitrogens with zero attached hydrogens (tertiary/aromatic N) is 1. The van der Waals surface area contributed by atoms with Crippen LogP contribution in [0.25, 0.3) is 0 Å². The Morgan fingerprint density at radius 1 is 1.21 bits per heavy atom. The summed E-state index contributed by atoms with van der Waals surface area (Å²) in [4.78, 5) is 10.5. The van der Waals surface area contributed by atoms with E-state index in [2.05, 4.69) is 15.9 Å². The normalized spacial score (nSPS) is 10.2. The molecule has 0 heterocycles. The zero-order chi connectivity index (χ0) is 13.8. The van der Waals surface area contributed by atoms with Crippen LogP contribution >= 0.6 is 15.9 Å². The smallest absolute Gasteiger partial charge is 0.311 e. The molecule has 0 radical (unpaired) electrons. The highest BCUT2D eigenvalue weighted by Gasteiger charge is 2.17. The summed E-state index contributed by atoms with van der Waals surface area (Å²) in [5.41, 5.74) is 1.69. The summed E-state index contributed by atoms with van der Waals surface area (Å²) in [5, 5.41) is 11.0. The number of halogens is 1. The van der Waals surface area contributed by atoms with Crippen molar-refractivity contribution in [3.8, 4) is 5.75 Å². The van der Waals surface area contributed by atoms with E-state index < -0.39 is 4.92 Å². The Balaban J connectivity index is 2.25. The van der Waals surface area contributed by atoms with Crippen LogP contribution in [0.2, 0.25) is 0 Å². The van der Waals surface area contributed by atoms with E-state index in [1.54, 1.807) is 19.1 Å². The highest BCUT2D eigenvalue weighted by atomic mass is 79.9. The minimum atomic E-state index is -0.428. The lowest BCUT2D eigenvalue weighted by atomic mass is 10.2. The fourth-order valence-electron chi connectivity index (χ4n) is 1.73. The minimum absolute atomic E-state index is 0.00736. The van der Waals surface area contributed by atoms with Crippen molar-refractivity contribution in [2.45, 2.75) is 13.5 Å². The lowest BCUT2D eigenvalue weighted by Gasteiger charge is -2.10. The number of nitro groups is 1. The van der Waals surface area contributed by atoms with E-state index in [0.29, 0.717) is 5.75 Å². The van der Waals surface area contributed by atoms with Crippen LogP contribution in [0.4, 0.5) is 5.69 Å². The zero-order valence-corrected chi connectivity index (χ0v) is 11.9. The SMILES string of the molecule is Cc1cccc([N+](=O)[O-])c1OCc1ccccc1Br. The van der Waals surface area contributed by atoms with E-state index in [1.165, 1.54) is 6.07 Å². The van der Waals surface area contributed by atoms with Gasteiger partial charge in [-0.2, -0.15) is 0 Å². The van der Waals surface area contributed by atoms with Gasteiger partial charge in [0.15, 0.2) is 5.75 Å². The van der Waals surface area contributed by atoms with Crippen molar-refractivity contribution in [2.24, 2.45) is 0 Å². The molecule has 0 saturated heterocycles. The number of ether oxygens (including phenoxy) is 1. The Bertz CT molecular complexity index is 613. The van der Waals surface area contributed by atoms with Crippen molar-refractivity contribution >= 4 is 21.6 Å². The van der Waals surface area contributed by atoms with Crippen molar-refractivity contribution in [1.82, 2.24) is 0 Å². The maximum atomic E-state index is 11.0. The zero-order valence-electron chi connectivity index (χ0n) is 10.3. The quantitative estimate of drug-likeness (QED) is 0.625. The predicted octanol–water partition coefficient (Wildman–Crippen LogP) is 4.24. The van der Waals surface area contributed by atoms with Gasteiger partial charge in [0.1, 0.15) is 6.61 Å². The molecule has 0 aromatic heterocycles. The van der Waals surface area contributed by atoms with Crippen molar-refractivity contribution in [2.75, 3.05) is 0 Å². The molecule has 19 heavy (non-hydrogen) atoms. The lowest BCUT2D eigenvalue weighted by Crippen LogP contribution is -2.01. The number of nitro benzene ring substituents is 1. The highest BCUT2D eigenvalue weighted by Crippen LogP contribution is 2.31. The molecule has 2 aromatic carbocycles. The first-order valence-corrected chi connectivity index (χ1v) is 6.49. The monoisotopic (exact) mass is 321 g/mol. The summed E-state index contributed by atoms with van der Waals surface area (Å²) in [7, 11) is 0. The Morgan fingerprint density at radius 2 is 1.95 bits per heavy atom. The molecule has 2 rings (SSSR count). The first-order chi connectivity index (χ1) is 9.09. The van der Waals surface area contributed by atoms with Crippen LogP contribution in [0.3, 0.4) is 0 Å². The Hall–Kier alpha value is -1.88. The van der Waals surface area contributed by atoms with Gasteiger partial charge in [-0.1, -0.05) is 46.3 Å². The molecule has 0 bridgehead atoms. The van der Waals surface area contributed by atoms with E-state index in [9.17, 15) is 10.1 Å². The molecule has 0 spiro atoms. The van der Waals surface area contributed by atoms with Gasteiger partial charge in [0.2, 0.25) is 0 Å². The van der Waals surface area contributed by atoms with Crippen LogP contribution in [0.15, 0.2) is 46.9 Å². The van der Waals surface area contributed by atoms with Crippen LogP contribution in [0.1, 0.15) is 11.1 Å². The molecule has 0 amide bonds. The molecular weight excluding hydrogens is 310 g/mol. The number of benzene rings is 2. The van der Waals surface area contributed by atoms with E-state index >= 15 is 0 Å². The molecule has 0 saturated carbocycles. The fourth-order valence-corrected chi connectivity index (χ4v) is 2.13. The number of rotatable bonds is 4. The molecule has 0 aliphatic carbocycles. The van der Waals surface area contributed by atoms with E-state index in [4.69, 9.17) is 4.74 Å². The fraction of sp³-hybridized carbons (Fsp3) is 0.143. The van der Waals surface area contributed by atoms with Gasteiger partial charge in [0.25, 0.3) is 0 Å². The highest BCUT2D eigenvalue weighted by molar-refractivity contribution is 9.10. The molecule has 0 aliphatic heterocycles. The van der Waals surface area contributed by atoms with Gasteiger partial charge < -0.3 is 4.74 Å². The molecule has 0 N–H and O–H groups in total. The van der Waals surface area contributed by atoms with Gasteiger partial charge in [-0.3, -0.25) is 10.1 Å². The molecule has 5 heteroatoms. The van der Waals surface area contributed by atoms with Gasteiger partial charge in [0.05, 0.1) is 4.92 Å². The third-order valence-corrected chi connectivity index (χ3v) is 3.49. The van der Waals surface area contributed by atoms with E-state index in [1.807, 2.05) is 24.3 Å². The van der Waals surface area contributed by atoms with Crippen LogP contribution in [0.5, 0.6) is 5.75 Å². The van der Waals surface area contributed by atoms with E-state index in [0.717, 1.165) is 15.6 Å². The first kappa shape index (κ1) is 13.5. The third kappa shape index (κ3) is 3.12. The summed E-state index contributed by atoms with van der Waals surface area (Å²) in [6.45, 7) is 2.08. The Morgan fingerprint density at radius 3 is 2.63 bits per heavy atom. The second kappa shape index (κ2) is 5.84. The topological polar surface area (TPSA) is 52.4 Å². The molecule has 0 unspecified atom stereocenters. The average Bonchev–Trinajstić information content (AvgIpc) is 2.38. The molecular formula is C14H12BrNO3. The standard InChI is InChI=1S/C14H12BrNO3/c1-10-5-4-8-13(16(17)18)14(10)19-9-11-6-2-3-7-12(11)15/h2-8H,9H2,1H3. The molecule has 4 nitrogen and oxygen atoms in total. The lowest BCUT2D eigenvalue weighted by molar-refractivity contribution is -0.386. The van der Waals surface area contributed by atoms with Crippen LogP contribution in [-0.4, -0.2) is 4.92 Å². The van der Waals surface area contributed by atoms with Crippen molar-refractivity contribution in [3.63, 3.8) is 0 Å². The van der Waals surface area contributed by atoms with Crippen LogP contribution in [0, 0.1) is 17.0 Å². The molecule has 0 fully saturated rings.